The molecule has 0 radical (unpaired) electrons. The molecule has 3 aliphatic heterocycles. The first kappa shape index (κ1) is 60.3. The number of anilines is 3. The molecule has 3 saturated heterocycles. The van der Waals surface area contributed by atoms with Gasteiger partial charge in [0.25, 0.3) is 5.91 Å². The van der Waals surface area contributed by atoms with Gasteiger partial charge in [0.1, 0.15) is 17.4 Å². The van der Waals surface area contributed by atoms with Crippen molar-refractivity contribution in [3.63, 3.8) is 0 Å². The maximum absolute atomic E-state index is 16.2. The predicted molar refractivity (Wildman–Crippen MR) is 299 cm³/mol. The van der Waals surface area contributed by atoms with Gasteiger partial charge in [0, 0.05) is 113 Å². The van der Waals surface area contributed by atoms with E-state index in [1.807, 2.05) is 88.2 Å². The lowest BCUT2D eigenvalue weighted by Crippen LogP contribution is -2.55. The minimum Gasteiger partial charge on any atom is -0.391 e. The van der Waals surface area contributed by atoms with Gasteiger partial charge in [-0.3, -0.25) is 28.9 Å². The molecule has 3 aromatic carbocycles. The maximum atomic E-state index is 16.2. The molecular formula is C59H70F5N9O7S. The number of β-amino-alcohol motifs (C(OH)–C–C–N with tert-alkyl or cyclic N) is 1. The van der Waals surface area contributed by atoms with E-state index in [0.29, 0.717) is 51.6 Å². The molecule has 0 aliphatic carbocycles. The smallest absolute Gasteiger partial charge is 0.391 e. The summed E-state index contributed by atoms with van der Waals surface area (Å²) in [6, 6.07) is 11.6. The number of Topliss-reactive ketones (excluding diaryl/α,β-unsaturated/α-hetero) is 2. The Morgan fingerprint density at radius 2 is 1.49 bits per heavy atom. The molecule has 3 amide bonds. The Balaban J connectivity index is 0.806. The Labute approximate surface area is 472 Å². The summed E-state index contributed by atoms with van der Waals surface area (Å²) >= 11 is 1.57. The molecule has 5 aromatic rings. The zero-order valence-corrected chi connectivity index (χ0v) is 47.5. The highest BCUT2D eigenvalue weighted by atomic mass is 32.1. The Hall–Kier alpha value is -6.75. The predicted octanol–water partition coefficient (Wildman–Crippen LogP) is 8.88. The number of carbonyl (C=O) groups excluding carboxylic acids is 5. The average Bonchev–Trinajstić information content (AvgIpc) is 4.09. The number of likely N-dealkylation sites (N-methyl/N-ethyl adjacent to an activating group) is 1. The van der Waals surface area contributed by atoms with Crippen LogP contribution in [0.3, 0.4) is 0 Å². The second kappa shape index (κ2) is 25.6. The lowest BCUT2D eigenvalue weighted by atomic mass is 9.76. The zero-order chi connectivity index (χ0) is 58.5. The van der Waals surface area contributed by atoms with E-state index in [2.05, 4.69) is 25.2 Å². The molecule has 0 unspecified atom stereocenters. The van der Waals surface area contributed by atoms with Crippen LogP contribution in [0.5, 0.6) is 0 Å². The quantitative estimate of drug-likeness (QED) is 0.0592. The third-order valence-corrected chi connectivity index (χ3v) is 16.7. The van der Waals surface area contributed by atoms with Crippen LogP contribution < -0.4 is 15.1 Å². The van der Waals surface area contributed by atoms with Gasteiger partial charge in [-0.1, -0.05) is 45.0 Å². The zero-order valence-electron chi connectivity index (χ0n) is 46.7. The van der Waals surface area contributed by atoms with E-state index >= 15 is 4.39 Å². The third-order valence-electron chi connectivity index (χ3n) is 15.7. The molecule has 5 atom stereocenters. The molecule has 22 heteroatoms. The van der Waals surface area contributed by atoms with Crippen LogP contribution in [0.25, 0.3) is 21.6 Å². The summed E-state index contributed by atoms with van der Waals surface area (Å²) in [5.41, 5.74) is 2.42. The van der Waals surface area contributed by atoms with Crippen molar-refractivity contribution in [2.24, 2.45) is 11.3 Å². The highest BCUT2D eigenvalue weighted by Crippen LogP contribution is 2.39. The number of likely N-dealkylation sites (tertiary alicyclic amines) is 1. The van der Waals surface area contributed by atoms with Crippen molar-refractivity contribution >= 4 is 57.9 Å². The molecule has 2 N–H and O–H groups in total. The summed E-state index contributed by atoms with van der Waals surface area (Å²) in [5, 5.41) is 13.2. The number of amides is 3. The van der Waals surface area contributed by atoms with E-state index in [-0.39, 0.29) is 116 Å². The number of thiazole rings is 1. The minimum absolute atomic E-state index is 0.0124. The van der Waals surface area contributed by atoms with Crippen molar-refractivity contribution in [1.29, 1.82) is 0 Å². The number of alkyl halides is 3. The lowest BCUT2D eigenvalue weighted by molar-refractivity contribution is -0.146. The van der Waals surface area contributed by atoms with Gasteiger partial charge in [-0.05, 0) is 81.1 Å². The van der Waals surface area contributed by atoms with Gasteiger partial charge < -0.3 is 34.8 Å². The number of aromatic nitrogens is 3. The van der Waals surface area contributed by atoms with Crippen molar-refractivity contribution in [1.82, 2.24) is 29.7 Å². The molecule has 0 spiro atoms. The van der Waals surface area contributed by atoms with E-state index < -0.39 is 58.3 Å². The van der Waals surface area contributed by atoms with Gasteiger partial charge >= 0.3 is 6.18 Å². The number of nitrogens with one attached hydrogen (secondary N) is 1. The fourth-order valence-corrected chi connectivity index (χ4v) is 11.6. The van der Waals surface area contributed by atoms with Gasteiger partial charge in [-0.2, -0.15) is 13.2 Å². The molecule has 3 aliphatic rings. The van der Waals surface area contributed by atoms with Gasteiger partial charge in [0.05, 0.1) is 70.4 Å². The number of ketones is 2. The second-order valence-electron chi connectivity index (χ2n) is 22.5. The standard InChI is InChI=1S/C59H70F5N9O7S/c1-35-31-72(32-36(2)69(35)7)50-28-48(61)45(27-49(50)68-55(78)44-14-13-41(60)24-46(44)59(62,63)64)40-29-65-57(66-30-40)71-20-18-70(19-21-71)53(77)17-23-80-22-16-42(74)25-47(58(4,5)6)56(79)73-33-43(75)26-51(73)52(76)15-10-38-8-11-39(12-9-38)54-37(3)67-34-81-54/h8-9,11-14,24,27-30,34-36,43,47,51,75H,10,15-23,25-26,31-33H2,1-7H3,(H,68,78)/t35-,36+,43-,47-,51+/m1/s1. The van der Waals surface area contributed by atoms with Gasteiger partial charge in [0.15, 0.2) is 5.78 Å². The molecule has 16 nitrogen and oxygen atoms in total. The van der Waals surface area contributed by atoms with Gasteiger partial charge in [-0.25, -0.2) is 23.7 Å². The summed E-state index contributed by atoms with van der Waals surface area (Å²) in [5.74, 6) is -4.25. The summed E-state index contributed by atoms with van der Waals surface area (Å²) in [7, 11) is 1.96. The molecular weight excluding hydrogens is 1070 g/mol. The van der Waals surface area contributed by atoms with Gasteiger partial charge in [-0.15, -0.1) is 11.3 Å². The Morgan fingerprint density at radius 3 is 2.12 bits per heavy atom. The van der Waals surface area contributed by atoms with Crippen LogP contribution >= 0.6 is 11.3 Å². The molecule has 3 fully saturated rings. The number of nitrogens with zero attached hydrogens (tertiary/aromatic N) is 8. The molecule has 5 heterocycles. The average molecular weight is 1140 g/mol. The van der Waals surface area contributed by atoms with Crippen molar-refractivity contribution < 1.29 is 55.8 Å². The number of carbonyl (C=O) groups is 5. The largest absolute Gasteiger partial charge is 0.417 e. The van der Waals surface area contributed by atoms with Crippen LogP contribution in [-0.4, -0.2) is 154 Å². The van der Waals surface area contributed by atoms with Crippen LogP contribution in [0, 0.1) is 29.9 Å². The van der Waals surface area contributed by atoms with Crippen molar-refractivity contribution in [2.45, 2.75) is 110 Å². The molecule has 2 aromatic heterocycles. The molecule has 8 rings (SSSR count). The van der Waals surface area contributed by atoms with Crippen LogP contribution in [-0.2, 0) is 36.5 Å². The van der Waals surface area contributed by atoms with E-state index in [9.17, 15) is 46.6 Å². The van der Waals surface area contributed by atoms with E-state index in [1.165, 1.54) is 29.4 Å². The number of piperazine rings is 2. The molecule has 0 bridgehead atoms. The van der Waals surface area contributed by atoms with E-state index in [0.717, 1.165) is 33.8 Å². The van der Waals surface area contributed by atoms with Crippen molar-refractivity contribution in [2.75, 3.05) is 81.2 Å². The monoisotopic (exact) mass is 1140 g/mol. The summed E-state index contributed by atoms with van der Waals surface area (Å²) in [6.07, 6.45) is -2.24. The highest BCUT2D eigenvalue weighted by Gasteiger charge is 2.44. The van der Waals surface area contributed by atoms with E-state index in [1.54, 1.807) is 16.2 Å². The van der Waals surface area contributed by atoms with Crippen LogP contribution in [0.2, 0.25) is 0 Å². The van der Waals surface area contributed by atoms with Crippen molar-refractivity contribution in [3.8, 4) is 21.6 Å². The summed E-state index contributed by atoms with van der Waals surface area (Å²) in [4.78, 5) is 91.4. The summed E-state index contributed by atoms with van der Waals surface area (Å²) < 4.78 is 77.9. The molecule has 81 heavy (non-hydrogen) atoms. The van der Waals surface area contributed by atoms with Crippen LogP contribution in [0.15, 0.2) is 72.5 Å². The maximum Gasteiger partial charge on any atom is 0.417 e. The second-order valence-corrected chi connectivity index (χ2v) is 23.4. The first-order valence-electron chi connectivity index (χ1n) is 27.3. The number of halogens is 5. The number of hydrogen-bond donors (Lipinski definition) is 2. The summed E-state index contributed by atoms with van der Waals surface area (Å²) in [6.45, 7) is 14.0. The fraction of sp³-hybridized carbons (Fsp3) is 0.492. The number of aliphatic hydroxyl groups is 1. The van der Waals surface area contributed by atoms with Crippen LogP contribution in [0.4, 0.5) is 39.3 Å². The SMILES string of the molecule is Cc1ncsc1-c1ccc(CCC(=O)[C@@H]2C[C@@H](O)CN2C(=O)[C@@H](CC(=O)CCOCCC(=O)N2CCN(c3ncc(-c4cc(NC(=O)c5ccc(F)cc5C(F)(F)F)c(N5C[C@@H](C)N(C)[C@@H](C)C5)cc4F)cn3)CC2)C(C)(C)C)cc1. The number of hydrogen-bond acceptors (Lipinski definition) is 14. The number of rotatable bonds is 19. The molecule has 434 valence electrons. The highest BCUT2D eigenvalue weighted by molar-refractivity contribution is 7.13. The number of benzene rings is 3. The Kier molecular flexibility index (Phi) is 19.1. The van der Waals surface area contributed by atoms with Gasteiger partial charge in [0.2, 0.25) is 17.8 Å². The van der Waals surface area contributed by atoms with Crippen molar-refractivity contribution in [3.05, 3.63) is 107 Å². The number of ether oxygens (including phenoxy) is 1. The lowest BCUT2D eigenvalue weighted by Gasteiger charge is -2.44. The first-order valence-corrected chi connectivity index (χ1v) is 28.2. The third kappa shape index (κ3) is 14.7. The van der Waals surface area contributed by atoms with Crippen LogP contribution in [0.1, 0.15) is 93.9 Å². The minimum atomic E-state index is -5.03. The van der Waals surface area contributed by atoms with E-state index in [4.69, 9.17) is 4.74 Å². The Morgan fingerprint density at radius 1 is 0.827 bits per heavy atom. The fourth-order valence-electron chi connectivity index (χ4n) is 10.8. The molecule has 0 saturated carbocycles. The first-order chi connectivity index (χ1) is 38.4. The number of aliphatic hydroxyl groups excluding tert-OH is 1. The normalized spacial score (nSPS) is 19.5. The topological polar surface area (TPSA) is 182 Å². The Bertz CT molecular complexity index is 3060. The number of aryl methyl sites for hydroxylation is 2.